The quantitative estimate of drug-likeness (QED) is 0.434. The lowest BCUT2D eigenvalue weighted by atomic mass is 10.1. The molecule has 0 aliphatic carbocycles. The summed E-state index contributed by atoms with van der Waals surface area (Å²) in [6.45, 7) is 0. The summed E-state index contributed by atoms with van der Waals surface area (Å²) in [5.41, 5.74) is 6.21. The number of aromatic amines is 1. The highest BCUT2D eigenvalue weighted by Gasteiger charge is 2.22. The van der Waals surface area contributed by atoms with Gasteiger partial charge in [-0.1, -0.05) is 0 Å². The number of hydrogen-bond acceptors (Lipinski definition) is 8. The topological polar surface area (TPSA) is 144 Å². The summed E-state index contributed by atoms with van der Waals surface area (Å²) in [5, 5.41) is 0. The van der Waals surface area contributed by atoms with Gasteiger partial charge in [-0.3, -0.25) is 4.79 Å². The zero-order valence-corrected chi connectivity index (χ0v) is 18.3. The summed E-state index contributed by atoms with van der Waals surface area (Å²) in [6, 6.07) is 10.1. The van der Waals surface area contributed by atoms with Crippen molar-refractivity contribution < 1.29 is 23.7 Å². The number of ether oxygens (including phenoxy) is 4. The van der Waals surface area contributed by atoms with Crippen LogP contribution in [0.25, 0.3) is 28.2 Å². The van der Waals surface area contributed by atoms with E-state index < -0.39 is 11.6 Å². The van der Waals surface area contributed by atoms with Crippen molar-refractivity contribution in [3.05, 3.63) is 52.6 Å². The smallest absolute Gasteiger partial charge is 0.332 e. The van der Waals surface area contributed by atoms with Crippen LogP contribution in [0.15, 0.2) is 41.2 Å². The monoisotopic (exact) mass is 451 g/mol. The van der Waals surface area contributed by atoms with Crippen molar-refractivity contribution in [1.29, 1.82) is 0 Å². The molecule has 0 aliphatic heterocycles. The van der Waals surface area contributed by atoms with E-state index in [4.69, 9.17) is 24.7 Å². The molecule has 0 bridgehead atoms. The molecule has 4 rings (SSSR count). The lowest BCUT2D eigenvalue weighted by Gasteiger charge is -2.14. The van der Waals surface area contributed by atoms with Gasteiger partial charge in [-0.2, -0.15) is 0 Å². The highest BCUT2D eigenvalue weighted by atomic mass is 16.5. The number of nitrogens with two attached hydrogens (primary N) is 1. The molecule has 170 valence electrons. The molecule has 2 aromatic heterocycles. The summed E-state index contributed by atoms with van der Waals surface area (Å²) in [7, 11) is 5.99. The number of nitrogens with zero attached hydrogens (tertiary/aromatic N) is 3. The molecular formula is C22H21N5O6. The van der Waals surface area contributed by atoms with Gasteiger partial charge in [-0.25, -0.2) is 19.3 Å². The van der Waals surface area contributed by atoms with Gasteiger partial charge in [-0.05, 0) is 36.4 Å². The van der Waals surface area contributed by atoms with Gasteiger partial charge < -0.3 is 29.7 Å². The number of H-pyrrole nitrogens is 1. The second kappa shape index (κ2) is 8.54. The summed E-state index contributed by atoms with van der Waals surface area (Å²) >= 11 is 0. The Balaban J connectivity index is 2.01. The Bertz CT molecular complexity index is 1380. The van der Waals surface area contributed by atoms with E-state index >= 15 is 0 Å². The number of rotatable bonds is 7. The van der Waals surface area contributed by atoms with Gasteiger partial charge in [0.05, 0.1) is 34.1 Å². The van der Waals surface area contributed by atoms with Gasteiger partial charge in [0.2, 0.25) is 5.75 Å². The van der Waals surface area contributed by atoms with Crippen LogP contribution in [0.5, 0.6) is 23.0 Å². The molecule has 3 N–H and O–H groups in total. The number of fused-ring (bicyclic) bond motifs is 1. The Morgan fingerprint density at radius 1 is 0.939 bits per heavy atom. The van der Waals surface area contributed by atoms with Crippen molar-refractivity contribution in [2.45, 2.75) is 0 Å². The molecule has 0 saturated carbocycles. The van der Waals surface area contributed by atoms with Gasteiger partial charge in [0, 0.05) is 5.56 Å². The van der Waals surface area contributed by atoms with Gasteiger partial charge in [0.15, 0.2) is 28.7 Å². The Kier molecular flexibility index (Phi) is 5.61. The first-order valence-electron chi connectivity index (χ1n) is 9.69. The van der Waals surface area contributed by atoms with E-state index in [-0.39, 0.29) is 22.7 Å². The zero-order chi connectivity index (χ0) is 23.7. The number of imidazole rings is 1. The van der Waals surface area contributed by atoms with E-state index in [1.165, 1.54) is 25.9 Å². The number of nitrogens with one attached hydrogen (secondary N) is 1. The summed E-state index contributed by atoms with van der Waals surface area (Å²) in [4.78, 5) is 36.5. The molecule has 33 heavy (non-hydrogen) atoms. The predicted molar refractivity (Wildman–Crippen MR) is 120 cm³/mol. The maximum Gasteiger partial charge on any atom is 0.332 e. The fourth-order valence-electron chi connectivity index (χ4n) is 3.47. The third kappa shape index (κ3) is 3.69. The van der Waals surface area contributed by atoms with Crippen molar-refractivity contribution in [3.63, 3.8) is 0 Å². The first-order chi connectivity index (χ1) is 15.9. The van der Waals surface area contributed by atoms with Crippen molar-refractivity contribution in [2.75, 3.05) is 28.4 Å². The van der Waals surface area contributed by atoms with Crippen LogP contribution in [0.4, 0.5) is 0 Å². The number of carbonyl (C=O) groups excluding carboxylic acids is 1. The van der Waals surface area contributed by atoms with Gasteiger partial charge in [-0.15, -0.1) is 0 Å². The van der Waals surface area contributed by atoms with Crippen molar-refractivity contribution in [3.8, 4) is 40.1 Å². The Morgan fingerprint density at radius 2 is 1.58 bits per heavy atom. The number of hydrogen-bond donors (Lipinski definition) is 2. The fraction of sp³-hybridized carbons (Fsp3) is 0.182. The molecule has 0 spiro atoms. The minimum Gasteiger partial charge on any atom is -0.497 e. The largest absolute Gasteiger partial charge is 0.497 e. The van der Waals surface area contributed by atoms with Crippen molar-refractivity contribution in [2.24, 2.45) is 5.73 Å². The molecule has 0 unspecified atom stereocenters. The number of aromatic nitrogens is 4. The number of primary amides is 1. The standard InChI is InChI=1S/C22H21N5O6/c1-30-13-7-5-12(6-8-13)27-21-17(25-22(27)29)16(19(23)28)24-20(26-21)11-9-14(31-2)18(33-4)15(10-11)32-3/h5-10H,1-4H3,(H2,23,28)(H,25,29). The van der Waals surface area contributed by atoms with Crippen molar-refractivity contribution >= 4 is 17.1 Å². The fourth-order valence-corrected chi connectivity index (χ4v) is 3.47. The van der Waals surface area contributed by atoms with Crippen LogP contribution >= 0.6 is 0 Å². The average Bonchev–Trinajstić information content (AvgIpc) is 3.17. The second-order valence-electron chi connectivity index (χ2n) is 6.84. The van der Waals surface area contributed by atoms with Crippen LogP contribution in [0, 0.1) is 0 Å². The van der Waals surface area contributed by atoms with Crippen LogP contribution in [-0.4, -0.2) is 53.9 Å². The molecule has 2 heterocycles. The second-order valence-corrected chi connectivity index (χ2v) is 6.84. The minimum atomic E-state index is -0.820. The van der Waals surface area contributed by atoms with E-state index in [2.05, 4.69) is 15.0 Å². The average molecular weight is 451 g/mol. The highest BCUT2D eigenvalue weighted by molar-refractivity contribution is 6.02. The number of methoxy groups -OCH3 is 4. The molecule has 4 aromatic rings. The molecular weight excluding hydrogens is 430 g/mol. The van der Waals surface area contributed by atoms with E-state index in [1.807, 2.05) is 0 Å². The minimum absolute atomic E-state index is 0.125. The van der Waals surface area contributed by atoms with Gasteiger partial charge >= 0.3 is 5.69 Å². The number of benzene rings is 2. The molecule has 2 aromatic carbocycles. The van der Waals surface area contributed by atoms with Crippen LogP contribution in [0.1, 0.15) is 10.5 Å². The number of carbonyl (C=O) groups is 1. The van der Waals surface area contributed by atoms with Gasteiger partial charge in [0.1, 0.15) is 11.3 Å². The third-order valence-corrected chi connectivity index (χ3v) is 5.02. The Morgan fingerprint density at radius 3 is 2.09 bits per heavy atom. The molecule has 0 aliphatic rings. The molecule has 0 saturated heterocycles. The first-order valence-corrected chi connectivity index (χ1v) is 9.69. The van der Waals surface area contributed by atoms with Crippen LogP contribution in [0.3, 0.4) is 0 Å². The maximum atomic E-state index is 12.8. The SMILES string of the molecule is COc1ccc(-n2c(=O)[nH]c3c(C(N)=O)nc(-c4cc(OC)c(OC)c(OC)c4)nc32)cc1. The van der Waals surface area contributed by atoms with Crippen LogP contribution in [0.2, 0.25) is 0 Å². The normalized spacial score (nSPS) is 10.8. The molecule has 0 atom stereocenters. The van der Waals surface area contributed by atoms with E-state index in [1.54, 1.807) is 43.5 Å². The van der Waals surface area contributed by atoms with Gasteiger partial charge in [0.25, 0.3) is 5.91 Å². The predicted octanol–water partition coefficient (Wildman–Crippen LogP) is 1.91. The van der Waals surface area contributed by atoms with Crippen LogP contribution in [-0.2, 0) is 0 Å². The lowest BCUT2D eigenvalue weighted by Crippen LogP contribution is -2.15. The zero-order valence-electron chi connectivity index (χ0n) is 18.3. The van der Waals surface area contributed by atoms with E-state index in [9.17, 15) is 9.59 Å². The van der Waals surface area contributed by atoms with E-state index in [0.717, 1.165) is 0 Å². The molecule has 0 radical (unpaired) electrons. The Labute approximate surface area is 187 Å². The molecule has 11 heteroatoms. The van der Waals surface area contributed by atoms with E-state index in [0.29, 0.717) is 34.2 Å². The summed E-state index contributed by atoms with van der Waals surface area (Å²) in [5.74, 6) is 1.07. The first kappa shape index (κ1) is 21.7. The highest BCUT2D eigenvalue weighted by Crippen LogP contribution is 2.40. The summed E-state index contributed by atoms with van der Waals surface area (Å²) < 4.78 is 22.7. The van der Waals surface area contributed by atoms with Crippen molar-refractivity contribution in [1.82, 2.24) is 19.5 Å². The maximum absolute atomic E-state index is 12.8. The van der Waals surface area contributed by atoms with Crippen LogP contribution < -0.4 is 30.4 Å². The summed E-state index contributed by atoms with van der Waals surface area (Å²) in [6.07, 6.45) is 0. The molecule has 11 nitrogen and oxygen atoms in total. The molecule has 0 fully saturated rings. The Hall–Kier alpha value is -4.54. The molecule has 1 amide bonds. The number of amides is 1. The third-order valence-electron chi connectivity index (χ3n) is 5.02. The lowest BCUT2D eigenvalue weighted by molar-refractivity contribution is 0.0997.